The fourth-order valence-corrected chi connectivity index (χ4v) is 2.30. The zero-order valence-corrected chi connectivity index (χ0v) is 13.2. The van der Waals surface area contributed by atoms with Crippen molar-refractivity contribution in [2.24, 2.45) is 0 Å². The molecule has 1 heterocycles. The quantitative estimate of drug-likeness (QED) is 0.783. The fraction of sp³-hybridized carbons (Fsp3) is 0.500. The maximum Gasteiger partial charge on any atom is 0.332 e. The number of hydrogen-bond acceptors (Lipinski definition) is 5. The molecule has 0 radical (unpaired) electrons. The molecule has 0 spiro atoms. The summed E-state index contributed by atoms with van der Waals surface area (Å²) in [5.74, 6) is 0.0794. The molecule has 0 saturated carbocycles. The van der Waals surface area contributed by atoms with Crippen LogP contribution in [0.3, 0.4) is 0 Å². The van der Waals surface area contributed by atoms with E-state index in [4.69, 9.17) is 19.3 Å². The first-order chi connectivity index (χ1) is 11.0. The monoisotopic (exact) mass is 323 g/mol. The Morgan fingerprint density at radius 3 is 2.43 bits per heavy atom. The molecule has 23 heavy (non-hydrogen) atoms. The van der Waals surface area contributed by atoms with E-state index in [0.717, 1.165) is 5.75 Å². The molecule has 1 fully saturated rings. The molecule has 7 heteroatoms. The van der Waals surface area contributed by atoms with Crippen LogP contribution in [0.15, 0.2) is 24.3 Å². The van der Waals surface area contributed by atoms with Gasteiger partial charge in [-0.05, 0) is 44.0 Å². The number of ether oxygens (including phenoxy) is 3. The number of carbonyl (C=O) groups is 2. The largest absolute Gasteiger partial charge is 0.497 e. The predicted molar refractivity (Wildman–Crippen MR) is 81.6 cm³/mol. The van der Waals surface area contributed by atoms with Crippen molar-refractivity contribution in [1.82, 2.24) is 5.32 Å². The van der Waals surface area contributed by atoms with Crippen LogP contribution in [0.1, 0.15) is 19.8 Å². The minimum Gasteiger partial charge on any atom is -0.497 e. The smallest absolute Gasteiger partial charge is 0.332 e. The number of aliphatic carboxylic acids is 1. The molecule has 0 aromatic heterocycles. The van der Waals surface area contributed by atoms with E-state index in [9.17, 15) is 9.59 Å². The van der Waals surface area contributed by atoms with Gasteiger partial charge in [-0.15, -0.1) is 0 Å². The van der Waals surface area contributed by atoms with Gasteiger partial charge in [0.2, 0.25) is 5.91 Å². The molecular weight excluding hydrogens is 302 g/mol. The summed E-state index contributed by atoms with van der Waals surface area (Å²) >= 11 is 0. The van der Waals surface area contributed by atoms with E-state index in [0.29, 0.717) is 25.1 Å². The van der Waals surface area contributed by atoms with Gasteiger partial charge in [0.25, 0.3) is 0 Å². The number of benzene rings is 1. The second-order valence-electron chi connectivity index (χ2n) is 5.38. The Bertz CT molecular complexity index is 544. The molecule has 3 atom stereocenters. The highest BCUT2D eigenvalue weighted by atomic mass is 16.5. The number of carbonyl (C=O) groups excluding carboxylic acids is 1. The van der Waals surface area contributed by atoms with Gasteiger partial charge in [0.1, 0.15) is 23.7 Å². The van der Waals surface area contributed by atoms with Crippen molar-refractivity contribution in [2.75, 3.05) is 13.7 Å². The normalized spacial score (nSPS) is 21.5. The third kappa shape index (κ3) is 4.85. The lowest BCUT2D eigenvalue weighted by Gasteiger charge is -2.17. The average Bonchev–Trinajstić information content (AvgIpc) is 3.03. The maximum absolute atomic E-state index is 12.0. The predicted octanol–water partition coefficient (Wildman–Crippen LogP) is 1.21. The zero-order valence-electron chi connectivity index (χ0n) is 13.2. The Kier molecular flexibility index (Phi) is 5.81. The van der Waals surface area contributed by atoms with Gasteiger partial charge in [-0.25, -0.2) is 4.79 Å². The highest BCUT2D eigenvalue weighted by Gasteiger charge is 2.34. The molecule has 126 valence electrons. The summed E-state index contributed by atoms with van der Waals surface area (Å²) < 4.78 is 15.9. The maximum atomic E-state index is 12.0. The van der Waals surface area contributed by atoms with Crippen LogP contribution in [0.5, 0.6) is 11.5 Å². The molecule has 2 N–H and O–H groups in total. The third-order valence-electron chi connectivity index (χ3n) is 3.55. The van der Waals surface area contributed by atoms with Crippen LogP contribution in [-0.4, -0.2) is 48.9 Å². The van der Waals surface area contributed by atoms with Crippen LogP contribution < -0.4 is 14.8 Å². The molecule has 1 aromatic carbocycles. The van der Waals surface area contributed by atoms with Crippen molar-refractivity contribution in [1.29, 1.82) is 0 Å². The van der Waals surface area contributed by atoms with Gasteiger partial charge >= 0.3 is 5.97 Å². The summed E-state index contributed by atoms with van der Waals surface area (Å²) in [6, 6.07) is 7.15. The van der Waals surface area contributed by atoms with E-state index in [-0.39, 0.29) is 12.0 Å². The van der Waals surface area contributed by atoms with E-state index >= 15 is 0 Å². The van der Waals surface area contributed by atoms with Crippen LogP contribution in [0.25, 0.3) is 0 Å². The molecule has 1 aromatic rings. The highest BCUT2D eigenvalue weighted by molar-refractivity contribution is 5.82. The lowest BCUT2D eigenvalue weighted by Crippen LogP contribution is -2.40. The van der Waals surface area contributed by atoms with Gasteiger partial charge < -0.3 is 24.6 Å². The SMILES string of the molecule is COc1ccc(OC(C)CNC(=O)[C@@H]2CC[C@H](C(=O)O)O2)cc1. The number of hydrogen-bond donors (Lipinski definition) is 2. The minimum absolute atomic E-state index is 0.232. The second kappa shape index (κ2) is 7.82. The van der Waals surface area contributed by atoms with Crippen LogP contribution >= 0.6 is 0 Å². The molecule has 1 saturated heterocycles. The molecule has 7 nitrogen and oxygen atoms in total. The Hall–Kier alpha value is -2.28. The molecule has 1 aliphatic heterocycles. The fourth-order valence-electron chi connectivity index (χ4n) is 2.30. The van der Waals surface area contributed by atoms with Crippen LogP contribution in [0.2, 0.25) is 0 Å². The lowest BCUT2D eigenvalue weighted by atomic mass is 10.2. The standard InChI is InChI=1S/C16H21NO6/c1-10(22-12-5-3-11(21-2)4-6-12)9-17-15(18)13-7-8-14(23-13)16(19)20/h3-6,10,13-14H,7-9H2,1-2H3,(H,17,18)(H,19,20)/t10?,13-,14+/m0/s1. The average molecular weight is 323 g/mol. The van der Waals surface area contributed by atoms with Crippen molar-refractivity contribution >= 4 is 11.9 Å². The Labute approximate surface area is 134 Å². The summed E-state index contributed by atoms with van der Waals surface area (Å²) in [5.41, 5.74) is 0. The van der Waals surface area contributed by atoms with Gasteiger partial charge in [-0.1, -0.05) is 0 Å². The van der Waals surface area contributed by atoms with Crippen molar-refractivity contribution in [3.8, 4) is 11.5 Å². The molecule has 0 bridgehead atoms. The van der Waals surface area contributed by atoms with E-state index in [2.05, 4.69) is 5.32 Å². The van der Waals surface area contributed by atoms with Crippen molar-refractivity contribution in [3.05, 3.63) is 24.3 Å². The number of nitrogens with one attached hydrogen (secondary N) is 1. The Balaban J connectivity index is 1.74. The zero-order chi connectivity index (χ0) is 16.8. The van der Waals surface area contributed by atoms with Gasteiger partial charge in [0.15, 0.2) is 6.10 Å². The number of amides is 1. The summed E-state index contributed by atoms with van der Waals surface area (Å²) in [4.78, 5) is 22.8. The first-order valence-corrected chi connectivity index (χ1v) is 7.46. The van der Waals surface area contributed by atoms with Gasteiger partial charge in [-0.2, -0.15) is 0 Å². The first kappa shape index (κ1) is 17.1. The number of carboxylic acid groups (broad SMARTS) is 1. The minimum atomic E-state index is -1.03. The summed E-state index contributed by atoms with van der Waals surface area (Å²) in [7, 11) is 1.59. The van der Waals surface area contributed by atoms with Crippen molar-refractivity contribution in [3.63, 3.8) is 0 Å². The summed E-state index contributed by atoms with van der Waals surface area (Å²) in [6.45, 7) is 2.14. The molecule has 2 rings (SSSR count). The first-order valence-electron chi connectivity index (χ1n) is 7.46. The van der Waals surface area contributed by atoms with E-state index in [1.165, 1.54) is 0 Å². The topological polar surface area (TPSA) is 94.1 Å². The molecule has 1 aliphatic rings. The Morgan fingerprint density at radius 1 is 1.26 bits per heavy atom. The number of methoxy groups -OCH3 is 1. The van der Waals surface area contributed by atoms with Crippen LogP contribution in [-0.2, 0) is 14.3 Å². The van der Waals surface area contributed by atoms with Gasteiger partial charge in [0.05, 0.1) is 13.7 Å². The molecule has 1 unspecified atom stereocenters. The van der Waals surface area contributed by atoms with Crippen LogP contribution in [0.4, 0.5) is 0 Å². The van der Waals surface area contributed by atoms with Crippen molar-refractivity contribution < 1.29 is 28.9 Å². The Morgan fingerprint density at radius 2 is 1.87 bits per heavy atom. The lowest BCUT2D eigenvalue weighted by molar-refractivity contribution is -0.151. The number of carboxylic acids is 1. The van der Waals surface area contributed by atoms with E-state index in [1.54, 1.807) is 31.4 Å². The molecule has 1 amide bonds. The second-order valence-corrected chi connectivity index (χ2v) is 5.38. The van der Waals surface area contributed by atoms with Gasteiger partial charge in [-0.3, -0.25) is 4.79 Å². The summed E-state index contributed by atoms with van der Waals surface area (Å²) in [5, 5.41) is 11.6. The van der Waals surface area contributed by atoms with Gasteiger partial charge in [0, 0.05) is 0 Å². The molecular formula is C16H21NO6. The van der Waals surface area contributed by atoms with Crippen molar-refractivity contribution in [2.45, 2.75) is 38.1 Å². The van der Waals surface area contributed by atoms with Crippen LogP contribution in [0, 0.1) is 0 Å². The highest BCUT2D eigenvalue weighted by Crippen LogP contribution is 2.20. The van der Waals surface area contributed by atoms with E-state index in [1.807, 2.05) is 6.92 Å². The third-order valence-corrected chi connectivity index (χ3v) is 3.55. The number of rotatable bonds is 7. The molecule has 0 aliphatic carbocycles. The summed E-state index contributed by atoms with van der Waals surface area (Å²) in [6.07, 6.45) is -1.06. The van der Waals surface area contributed by atoms with E-state index < -0.39 is 18.2 Å².